The van der Waals surface area contributed by atoms with Gasteiger partial charge in [0, 0.05) is 23.9 Å². The lowest BCUT2D eigenvalue weighted by Crippen LogP contribution is -2.37. The van der Waals surface area contributed by atoms with Gasteiger partial charge < -0.3 is 0 Å². The molecule has 0 aromatic carbocycles. The summed E-state index contributed by atoms with van der Waals surface area (Å²) in [6.07, 6.45) is 0. The standard InChI is InChI=1S/C12H15ClN4O2/c1-6-10(13)14-12(19)17(11(6)18)5-9-7(2)15-16(4)8(9)3/h5H2,1-4H3,(H,14,19). The summed E-state index contributed by atoms with van der Waals surface area (Å²) in [4.78, 5) is 26.4. The van der Waals surface area contributed by atoms with Crippen molar-refractivity contribution in [2.45, 2.75) is 27.3 Å². The van der Waals surface area contributed by atoms with Crippen LogP contribution >= 0.6 is 11.6 Å². The van der Waals surface area contributed by atoms with Crippen LogP contribution < -0.4 is 11.2 Å². The summed E-state index contributed by atoms with van der Waals surface area (Å²) < 4.78 is 2.87. The Bertz CT molecular complexity index is 754. The van der Waals surface area contributed by atoms with Crippen LogP contribution in [0.1, 0.15) is 22.5 Å². The highest BCUT2D eigenvalue weighted by Crippen LogP contribution is 2.12. The molecular weight excluding hydrogens is 268 g/mol. The summed E-state index contributed by atoms with van der Waals surface area (Å²) in [6.45, 7) is 5.53. The first-order valence-corrected chi connectivity index (χ1v) is 6.19. The minimum Gasteiger partial charge on any atom is -0.297 e. The molecule has 6 nitrogen and oxygen atoms in total. The zero-order chi connectivity index (χ0) is 14.3. The molecule has 2 aromatic rings. The highest BCUT2D eigenvalue weighted by atomic mass is 35.5. The molecule has 2 rings (SSSR count). The second-order valence-corrected chi connectivity index (χ2v) is 4.91. The van der Waals surface area contributed by atoms with E-state index in [0.29, 0.717) is 5.56 Å². The van der Waals surface area contributed by atoms with E-state index < -0.39 is 5.69 Å². The maximum atomic E-state index is 12.1. The summed E-state index contributed by atoms with van der Waals surface area (Å²) >= 11 is 5.78. The van der Waals surface area contributed by atoms with Crippen LogP contribution in [-0.4, -0.2) is 19.3 Å². The summed E-state index contributed by atoms with van der Waals surface area (Å²) in [5.74, 6) is 0. The van der Waals surface area contributed by atoms with Gasteiger partial charge in [0.05, 0.1) is 12.2 Å². The van der Waals surface area contributed by atoms with E-state index in [-0.39, 0.29) is 17.3 Å². The van der Waals surface area contributed by atoms with Crippen LogP contribution in [0.15, 0.2) is 9.59 Å². The fraction of sp³-hybridized carbons (Fsp3) is 0.417. The van der Waals surface area contributed by atoms with Crippen LogP contribution in [0.2, 0.25) is 5.15 Å². The van der Waals surface area contributed by atoms with E-state index in [1.165, 1.54) is 0 Å². The zero-order valence-electron chi connectivity index (χ0n) is 11.2. The number of hydrogen-bond acceptors (Lipinski definition) is 3. The van der Waals surface area contributed by atoms with E-state index in [4.69, 9.17) is 11.6 Å². The largest absolute Gasteiger partial charge is 0.329 e. The molecule has 0 fully saturated rings. The number of aryl methyl sites for hydroxylation is 2. The van der Waals surface area contributed by atoms with Gasteiger partial charge in [-0.05, 0) is 20.8 Å². The monoisotopic (exact) mass is 282 g/mol. The number of nitrogens with one attached hydrogen (secondary N) is 1. The number of aromatic amines is 1. The molecule has 0 aliphatic carbocycles. The third-order valence-corrected chi connectivity index (χ3v) is 3.71. The first-order valence-electron chi connectivity index (χ1n) is 5.81. The number of halogens is 1. The summed E-state index contributed by atoms with van der Waals surface area (Å²) in [6, 6.07) is 0. The van der Waals surface area contributed by atoms with Gasteiger partial charge in [0.15, 0.2) is 0 Å². The molecule has 0 aliphatic rings. The Kier molecular flexibility index (Phi) is 3.36. The third kappa shape index (κ3) is 2.23. The summed E-state index contributed by atoms with van der Waals surface area (Å²) in [5.41, 5.74) is 2.05. The Morgan fingerprint density at radius 1 is 1.26 bits per heavy atom. The second kappa shape index (κ2) is 4.70. The molecule has 0 spiro atoms. The van der Waals surface area contributed by atoms with Gasteiger partial charge in [-0.2, -0.15) is 5.10 Å². The summed E-state index contributed by atoms with van der Waals surface area (Å²) in [7, 11) is 1.83. The van der Waals surface area contributed by atoms with Crippen LogP contribution in [0.3, 0.4) is 0 Å². The van der Waals surface area contributed by atoms with Crippen molar-refractivity contribution >= 4 is 11.6 Å². The van der Waals surface area contributed by atoms with E-state index in [0.717, 1.165) is 21.5 Å². The molecule has 0 bridgehead atoms. The quantitative estimate of drug-likeness (QED) is 0.832. The molecule has 0 unspecified atom stereocenters. The van der Waals surface area contributed by atoms with Crippen LogP contribution in [-0.2, 0) is 13.6 Å². The maximum absolute atomic E-state index is 12.1. The summed E-state index contributed by atoms with van der Waals surface area (Å²) in [5, 5.41) is 4.36. The number of hydrogen-bond donors (Lipinski definition) is 1. The average molecular weight is 283 g/mol. The Balaban J connectivity index is 2.60. The first kappa shape index (κ1) is 13.6. The van der Waals surface area contributed by atoms with Crippen LogP contribution in [0.5, 0.6) is 0 Å². The van der Waals surface area contributed by atoms with E-state index in [1.54, 1.807) is 11.6 Å². The van der Waals surface area contributed by atoms with Crippen LogP contribution in [0, 0.1) is 20.8 Å². The van der Waals surface area contributed by atoms with E-state index >= 15 is 0 Å². The van der Waals surface area contributed by atoms with Crippen molar-refractivity contribution in [1.29, 1.82) is 0 Å². The molecule has 19 heavy (non-hydrogen) atoms. The minimum atomic E-state index is -0.511. The van der Waals surface area contributed by atoms with Gasteiger partial charge in [-0.1, -0.05) is 11.6 Å². The Labute approximate surface area is 114 Å². The second-order valence-electron chi connectivity index (χ2n) is 4.53. The lowest BCUT2D eigenvalue weighted by molar-refractivity contribution is 0.683. The van der Waals surface area contributed by atoms with Crippen molar-refractivity contribution < 1.29 is 0 Å². The molecule has 1 N–H and O–H groups in total. The first-order chi connectivity index (χ1) is 8.82. The Morgan fingerprint density at radius 3 is 2.42 bits per heavy atom. The van der Waals surface area contributed by atoms with Crippen molar-refractivity contribution in [3.63, 3.8) is 0 Å². The molecule has 2 heterocycles. The third-order valence-electron chi connectivity index (χ3n) is 3.33. The fourth-order valence-electron chi connectivity index (χ4n) is 1.99. The van der Waals surface area contributed by atoms with Gasteiger partial charge in [0.25, 0.3) is 5.56 Å². The number of H-pyrrole nitrogens is 1. The Morgan fingerprint density at radius 2 is 1.89 bits per heavy atom. The van der Waals surface area contributed by atoms with Crippen molar-refractivity contribution in [1.82, 2.24) is 19.3 Å². The molecule has 0 saturated heterocycles. The highest BCUT2D eigenvalue weighted by molar-refractivity contribution is 6.30. The molecule has 102 valence electrons. The number of aromatic nitrogens is 4. The lowest BCUT2D eigenvalue weighted by atomic mass is 10.2. The molecule has 0 atom stereocenters. The van der Waals surface area contributed by atoms with Crippen molar-refractivity contribution in [2.75, 3.05) is 0 Å². The highest BCUT2D eigenvalue weighted by Gasteiger charge is 2.14. The predicted octanol–water partition coefficient (Wildman–Crippen LogP) is 0.897. The molecular formula is C12H15ClN4O2. The smallest absolute Gasteiger partial charge is 0.297 e. The Hall–Kier alpha value is -1.82. The fourth-order valence-corrected chi connectivity index (χ4v) is 2.15. The molecule has 0 aliphatic heterocycles. The number of rotatable bonds is 2. The van der Waals surface area contributed by atoms with Crippen molar-refractivity contribution in [2.24, 2.45) is 7.05 Å². The van der Waals surface area contributed by atoms with Gasteiger partial charge >= 0.3 is 5.69 Å². The molecule has 2 aromatic heterocycles. The predicted molar refractivity (Wildman–Crippen MR) is 72.9 cm³/mol. The van der Waals surface area contributed by atoms with Crippen molar-refractivity contribution in [3.8, 4) is 0 Å². The van der Waals surface area contributed by atoms with Crippen LogP contribution in [0.25, 0.3) is 0 Å². The normalized spacial score (nSPS) is 11.0. The van der Waals surface area contributed by atoms with Gasteiger partial charge in [-0.3, -0.25) is 19.0 Å². The van der Waals surface area contributed by atoms with Gasteiger partial charge in [0.1, 0.15) is 5.15 Å². The molecule has 0 saturated carbocycles. The number of nitrogens with zero attached hydrogens (tertiary/aromatic N) is 3. The SMILES string of the molecule is Cc1nn(C)c(C)c1Cn1c(=O)[nH]c(Cl)c(C)c1=O. The van der Waals surface area contributed by atoms with Crippen LogP contribution in [0.4, 0.5) is 0 Å². The zero-order valence-corrected chi connectivity index (χ0v) is 12.0. The van der Waals surface area contributed by atoms with Gasteiger partial charge in [-0.25, -0.2) is 4.79 Å². The molecule has 0 radical (unpaired) electrons. The lowest BCUT2D eigenvalue weighted by Gasteiger charge is -2.07. The average Bonchev–Trinajstić information content (AvgIpc) is 2.57. The van der Waals surface area contributed by atoms with Gasteiger partial charge in [-0.15, -0.1) is 0 Å². The van der Waals surface area contributed by atoms with E-state index in [9.17, 15) is 9.59 Å². The van der Waals surface area contributed by atoms with E-state index in [2.05, 4.69) is 10.1 Å². The maximum Gasteiger partial charge on any atom is 0.329 e. The molecule has 0 amide bonds. The van der Waals surface area contributed by atoms with E-state index in [1.807, 2.05) is 20.9 Å². The minimum absolute atomic E-state index is 0.0888. The van der Waals surface area contributed by atoms with Crippen molar-refractivity contribution in [3.05, 3.63) is 48.5 Å². The van der Waals surface area contributed by atoms with Gasteiger partial charge in [0.2, 0.25) is 0 Å². The molecule has 7 heteroatoms. The topological polar surface area (TPSA) is 72.7 Å².